The molecule has 0 saturated heterocycles. The van der Waals surface area contributed by atoms with E-state index < -0.39 is 5.56 Å². The van der Waals surface area contributed by atoms with Gasteiger partial charge in [-0.05, 0) is 6.92 Å². The molecule has 0 aliphatic rings. The lowest BCUT2D eigenvalue weighted by Crippen LogP contribution is -2.33. The Bertz CT molecular complexity index is 630. The summed E-state index contributed by atoms with van der Waals surface area (Å²) < 4.78 is 5.90. The van der Waals surface area contributed by atoms with E-state index in [4.69, 9.17) is 4.74 Å². The number of hydrogen-bond acceptors (Lipinski definition) is 6. The minimum absolute atomic E-state index is 0.0943. The number of nitrogens with zero attached hydrogens (tertiary/aromatic N) is 4. The van der Waals surface area contributed by atoms with Crippen molar-refractivity contribution < 1.29 is 9.84 Å². The molecule has 0 unspecified atom stereocenters. The van der Waals surface area contributed by atoms with E-state index >= 15 is 0 Å². The highest BCUT2D eigenvalue weighted by atomic mass is 16.5. The van der Waals surface area contributed by atoms with Crippen LogP contribution >= 0.6 is 0 Å². The lowest BCUT2D eigenvalue weighted by Gasteiger charge is -1.90. The largest absolute Gasteiger partial charge is 0.512 e. The molecule has 0 radical (unpaired) electrons. The molecule has 7 nitrogen and oxygen atoms in total. The highest BCUT2D eigenvalue weighted by Gasteiger charge is 2.08. The van der Waals surface area contributed by atoms with Crippen molar-refractivity contribution in [1.82, 2.24) is 19.6 Å². The van der Waals surface area contributed by atoms with Gasteiger partial charge in [0.05, 0.1) is 5.22 Å². The average Bonchev–Trinajstić information content (AvgIpc) is 2.62. The number of methoxy groups -OCH3 is 1. The molecule has 0 fully saturated rings. The third kappa shape index (κ3) is 1.61. The molecule has 84 valence electrons. The van der Waals surface area contributed by atoms with Crippen molar-refractivity contribution >= 4 is 11.5 Å². The summed E-state index contributed by atoms with van der Waals surface area (Å²) in [5.74, 6) is 0.477. The Morgan fingerprint density at radius 1 is 1.62 bits per heavy atom. The van der Waals surface area contributed by atoms with Crippen LogP contribution in [0.5, 0.6) is 0 Å². The van der Waals surface area contributed by atoms with Crippen LogP contribution in [0, 0.1) is 0 Å². The molecule has 0 aliphatic carbocycles. The van der Waals surface area contributed by atoms with Crippen molar-refractivity contribution in [3.05, 3.63) is 27.6 Å². The summed E-state index contributed by atoms with van der Waals surface area (Å²) >= 11 is 0. The van der Waals surface area contributed by atoms with Gasteiger partial charge in [-0.2, -0.15) is 9.50 Å². The minimum Gasteiger partial charge on any atom is -0.512 e. The molecular formula is C9H10N4O3. The second kappa shape index (κ2) is 3.86. The Morgan fingerprint density at radius 3 is 3.00 bits per heavy atom. The first-order chi connectivity index (χ1) is 7.63. The Labute approximate surface area is 90.0 Å². The van der Waals surface area contributed by atoms with Crippen molar-refractivity contribution in [3.8, 4) is 0 Å². The molecule has 0 saturated carbocycles. The first-order valence-electron chi connectivity index (χ1n) is 4.57. The summed E-state index contributed by atoms with van der Waals surface area (Å²) in [7, 11) is 1.51. The quantitative estimate of drug-likeness (QED) is 0.703. The molecule has 0 bridgehead atoms. The number of aromatic nitrogens is 4. The topological polar surface area (TPSA) is 89.6 Å². The van der Waals surface area contributed by atoms with Gasteiger partial charge in [-0.15, -0.1) is 5.10 Å². The predicted octanol–water partition coefficient (Wildman–Crippen LogP) is -0.964. The van der Waals surface area contributed by atoms with Gasteiger partial charge in [0.15, 0.2) is 5.82 Å². The summed E-state index contributed by atoms with van der Waals surface area (Å²) in [5, 5.41) is 13.3. The maximum atomic E-state index is 11.8. The Kier molecular flexibility index (Phi) is 2.53. The summed E-state index contributed by atoms with van der Waals surface area (Å²) in [4.78, 5) is 19.7. The normalized spacial score (nSPS) is 13.1. The lowest BCUT2D eigenvalue weighted by molar-refractivity contribution is 0.178. The molecule has 0 amide bonds. The van der Waals surface area contributed by atoms with Gasteiger partial charge in [0, 0.05) is 13.3 Å². The standard InChI is InChI=1S/C9H10N4O3/c1-5(14)6-3-10-9-11-7(4-16-2)12-13(9)8(6)15/h3,14H,4H2,1-2H3/b6-5-. The number of aliphatic hydroxyl groups is 1. The number of aliphatic hydroxyl groups excluding tert-OH is 1. The molecule has 0 aromatic carbocycles. The van der Waals surface area contributed by atoms with Crippen LogP contribution < -0.4 is 10.8 Å². The van der Waals surface area contributed by atoms with Gasteiger partial charge in [-0.3, -0.25) is 4.79 Å². The minimum atomic E-state index is -0.445. The van der Waals surface area contributed by atoms with Gasteiger partial charge in [-0.25, -0.2) is 4.98 Å². The first-order valence-corrected chi connectivity index (χ1v) is 4.57. The Balaban J connectivity index is 2.76. The second-order valence-electron chi connectivity index (χ2n) is 3.24. The SMILES string of the molecule is COCc1nc2nc/c(=C(\C)O)c(=O)n2n1. The van der Waals surface area contributed by atoms with E-state index in [1.165, 1.54) is 20.2 Å². The lowest BCUT2D eigenvalue weighted by atomic mass is 10.4. The van der Waals surface area contributed by atoms with Gasteiger partial charge < -0.3 is 9.84 Å². The van der Waals surface area contributed by atoms with Crippen molar-refractivity contribution in [1.29, 1.82) is 0 Å². The second-order valence-corrected chi connectivity index (χ2v) is 3.24. The number of ether oxygens (including phenoxy) is 1. The smallest absolute Gasteiger partial charge is 0.286 e. The fraction of sp³-hybridized carbons (Fsp3) is 0.333. The first kappa shape index (κ1) is 10.5. The van der Waals surface area contributed by atoms with Crippen LogP contribution in [-0.2, 0) is 11.3 Å². The molecule has 0 aliphatic heterocycles. The maximum absolute atomic E-state index is 11.8. The van der Waals surface area contributed by atoms with E-state index in [2.05, 4.69) is 15.1 Å². The van der Waals surface area contributed by atoms with E-state index in [0.29, 0.717) is 5.82 Å². The van der Waals surface area contributed by atoms with E-state index in [1.54, 1.807) is 0 Å². The van der Waals surface area contributed by atoms with Crippen LogP contribution in [-0.4, -0.2) is 31.8 Å². The van der Waals surface area contributed by atoms with Gasteiger partial charge in [0.25, 0.3) is 11.3 Å². The van der Waals surface area contributed by atoms with Crippen molar-refractivity contribution in [3.63, 3.8) is 0 Å². The molecule has 2 aromatic rings. The Morgan fingerprint density at radius 2 is 2.38 bits per heavy atom. The zero-order chi connectivity index (χ0) is 11.7. The van der Waals surface area contributed by atoms with Crippen LogP contribution in [0.3, 0.4) is 0 Å². The molecule has 16 heavy (non-hydrogen) atoms. The van der Waals surface area contributed by atoms with E-state index in [0.717, 1.165) is 4.52 Å². The molecule has 0 spiro atoms. The van der Waals surface area contributed by atoms with Crippen LogP contribution in [0.1, 0.15) is 12.7 Å². The maximum Gasteiger partial charge on any atom is 0.286 e. The zero-order valence-corrected chi connectivity index (χ0v) is 8.84. The molecule has 1 N–H and O–H groups in total. The summed E-state index contributed by atoms with van der Waals surface area (Å²) in [6.07, 6.45) is 1.28. The summed E-state index contributed by atoms with van der Waals surface area (Å²) in [6, 6.07) is 0. The third-order valence-corrected chi connectivity index (χ3v) is 2.03. The average molecular weight is 222 g/mol. The summed E-state index contributed by atoms with van der Waals surface area (Å²) in [5.41, 5.74) is -0.445. The van der Waals surface area contributed by atoms with Crippen molar-refractivity contribution in [2.24, 2.45) is 0 Å². The number of hydrogen-bond donors (Lipinski definition) is 1. The van der Waals surface area contributed by atoms with E-state index in [-0.39, 0.29) is 23.4 Å². The van der Waals surface area contributed by atoms with Crippen molar-refractivity contribution in [2.45, 2.75) is 13.5 Å². The van der Waals surface area contributed by atoms with Gasteiger partial charge in [0.2, 0.25) is 0 Å². The molecule has 7 heteroatoms. The third-order valence-electron chi connectivity index (χ3n) is 2.03. The van der Waals surface area contributed by atoms with E-state index in [9.17, 15) is 9.90 Å². The molecular weight excluding hydrogens is 212 g/mol. The van der Waals surface area contributed by atoms with Gasteiger partial charge >= 0.3 is 0 Å². The molecule has 2 rings (SSSR count). The van der Waals surface area contributed by atoms with Crippen molar-refractivity contribution in [2.75, 3.05) is 7.11 Å². The van der Waals surface area contributed by atoms with Crippen LogP contribution in [0.2, 0.25) is 0 Å². The van der Waals surface area contributed by atoms with Gasteiger partial charge in [-0.1, -0.05) is 0 Å². The van der Waals surface area contributed by atoms with Crippen LogP contribution in [0.25, 0.3) is 11.5 Å². The zero-order valence-electron chi connectivity index (χ0n) is 8.84. The number of rotatable bonds is 2. The fourth-order valence-electron chi connectivity index (χ4n) is 1.30. The molecule has 2 heterocycles. The van der Waals surface area contributed by atoms with Crippen LogP contribution in [0.15, 0.2) is 11.0 Å². The van der Waals surface area contributed by atoms with E-state index in [1.807, 2.05) is 0 Å². The predicted molar refractivity (Wildman–Crippen MR) is 54.7 cm³/mol. The highest BCUT2D eigenvalue weighted by Crippen LogP contribution is 1.94. The Hall–Kier alpha value is -2.02. The fourth-order valence-corrected chi connectivity index (χ4v) is 1.30. The molecule has 0 atom stereocenters. The van der Waals surface area contributed by atoms with Crippen LogP contribution in [0.4, 0.5) is 0 Å². The summed E-state index contributed by atoms with van der Waals surface area (Å²) in [6.45, 7) is 1.62. The van der Waals surface area contributed by atoms with Gasteiger partial charge in [0.1, 0.15) is 12.4 Å². The monoisotopic (exact) mass is 222 g/mol. The highest BCUT2D eigenvalue weighted by molar-refractivity contribution is 5.32. The molecule has 2 aromatic heterocycles. The number of fused-ring (bicyclic) bond motifs is 1.